The molecule has 11 heteroatoms. The summed E-state index contributed by atoms with van der Waals surface area (Å²) in [4.78, 5) is 10.9. The van der Waals surface area contributed by atoms with E-state index in [-0.39, 0.29) is 5.69 Å². The highest BCUT2D eigenvalue weighted by Gasteiger charge is 2.44. The third kappa shape index (κ3) is 5.27. The van der Waals surface area contributed by atoms with Crippen LogP contribution < -0.4 is 5.32 Å². The van der Waals surface area contributed by atoms with Crippen LogP contribution >= 0.6 is 0 Å². The number of nitrogens with one attached hydrogen (secondary N) is 1. The summed E-state index contributed by atoms with van der Waals surface area (Å²) in [5.74, 6) is 1.08. The van der Waals surface area contributed by atoms with Crippen LogP contribution in [0.4, 0.5) is 5.69 Å². The van der Waals surface area contributed by atoms with Gasteiger partial charge in [0, 0.05) is 17.4 Å². The van der Waals surface area contributed by atoms with Crippen molar-refractivity contribution in [3.05, 3.63) is 39.9 Å². The van der Waals surface area contributed by atoms with E-state index in [1.165, 1.54) is 6.07 Å². The average molecular weight is 421 g/mol. The third-order valence-electron chi connectivity index (χ3n) is 4.44. The van der Waals surface area contributed by atoms with Crippen molar-refractivity contribution in [3.8, 4) is 0 Å². The van der Waals surface area contributed by atoms with Crippen LogP contribution in [0.15, 0.2) is 24.3 Å². The van der Waals surface area contributed by atoms with Crippen LogP contribution in [-0.4, -0.2) is 74.1 Å². The summed E-state index contributed by atoms with van der Waals surface area (Å²) in [5.41, 5.74) is 0.290. The molecule has 0 aliphatic carbocycles. The molecule has 9 nitrogen and oxygen atoms in total. The van der Waals surface area contributed by atoms with Crippen molar-refractivity contribution in [2.75, 3.05) is 18.1 Å². The van der Waals surface area contributed by atoms with Gasteiger partial charge in [0.2, 0.25) is 0 Å². The molecule has 0 radical (unpaired) electrons. The maximum atomic E-state index is 11.4. The molecule has 0 spiro atoms. The number of aliphatic hydroxyl groups excluding tert-OH is 4. The molecule has 0 aromatic heterocycles. The highest BCUT2D eigenvalue weighted by atomic mass is 32.8. The minimum atomic E-state index is -1.53. The maximum absolute atomic E-state index is 11.4. The van der Waals surface area contributed by atoms with Gasteiger partial charge in [-0.25, -0.2) is 0 Å². The third-order valence-corrected chi connectivity index (χ3v) is 6.91. The van der Waals surface area contributed by atoms with Crippen molar-refractivity contribution in [1.29, 1.82) is 0 Å². The summed E-state index contributed by atoms with van der Waals surface area (Å²) in [7, 11) is -0.471. The van der Waals surface area contributed by atoms with Crippen molar-refractivity contribution >= 4 is 26.3 Å². The number of rotatable bonds is 8. The Morgan fingerprint density at radius 1 is 1.30 bits per heavy atom. The second-order valence-corrected chi connectivity index (χ2v) is 9.38. The Morgan fingerprint density at radius 2 is 1.96 bits per heavy atom. The Kier molecular flexibility index (Phi) is 8.19. The van der Waals surface area contributed by atoms with Crippen LogP contribution in [0.5, 0.6) is 0 Å². The zero-order chi connectivity index (χ0) is 20.1. The second-order valence-electron chi connectivity index (χ2n) is 6.18. The standard InChI is InChI=1S/C16H24N2O7S2/c1-2-27(26)8-10(9-5-3-4-6-11(9)18(23)24)17-16-15(22)14(21)13(20)12(7-19)25-16/h3-6,10,12-17,19-22H,2,7-8H2,1H3/t10?,12?,13-,14-,15?,16+,27?/m0/s1. The van der Waals surface area contributed by atoms with Crippen LogP contribution in [0, 0.1) is 10.1 Å². The zero-order valence-electron chi connectivity index (χ0n) is 14.7. The van der Waals surface area contributed by atoms with Gasteiger partial charge in [0.15, 0.2) is 0 Å². The molecule has 7 atom stereocenters. The fourth-order valence-corrected chi connectivity index (χ4v) is 4.21. The minimum absolute atomic E-state index is 0.0947. The summed E-state index contributed by atoms with van der Waals surface area (Å²) in [6.07, 6.45) is -6.71. The van der Waals surface area contributed by atoms with Crippen molar-refractivity contribution in [1.82, 2.24) is 5.32 Å². The second kappa shape index (κ2) is 9.94. The van der Waals surface area contributed by atoms with E-state index in [2.05, 4.69) is 5.32 Å². The lowest BCUT2D eigenvalue weighted by Gasteiger charge is -2.41. The Morgan fingerprint density at radius 3 is 2.56 bits per heavy atom. The van der Waals surface area contributed by atoms with Gasteiger partial charge in [-0.15, -0.1) is 9.45 Å². The molecule has 1 aromatic carbocycles. The van der Waals surface area contributed by atoms with Gasteiger partial charge in [0.1, 0.15) is 30.6 Å². The lowest BCUT2D eigenvalue weighted by atomic mass is 9.97. The molecule has 0 bridgehead atoms. The van der Waals surface area contributed by atoms with Crippen LogP contribution in [0.2, 0.25) is 0 Å². The van der Waals surface area contributed by atoms with Crippen LogP contribution in [0.25, 0.3) is 0 Å². The Hall–Kier alpha value is -1.05. The van der Waals surface area contributed by atoms with E-state index < -0.39 is 57.7 Å². The van der Waals surface area contributed by atoms with Gasteiger partial charge in [-0.3, -0.25) is 15.4 Å². The molecule has 1 aromatic rings. The van der Waals surface area contributed by atoms with E-state index in [1.807, 2.05) is 6.92 Å². The molecule has 1 aliphatic heterocycles. The number of hydrogen-bond acceptors (Lipinski definition) is 9. The quantitative estimate of drug-likeness (QED) is 0.267. The fourth-order valence-electron chi connectivity index (χ4n) is 2.92. The normalized spacial score (nSPS) is 30.6. The molecular weight excluding hydrogens is 396 g/mol. The number of ether oxygens (including phenoxy) is 1. The van der Waals surface area contributed by atoms with Crippen LogP contribution in [0.3, 0.4) is 0 Å². The maximum Gasteiger partial charge on any atom is 0.274 e. The van der Waals surface area contributed by atoms with Crippen molar-refractivity contribution in [2.45, 2.75) is 43.6 Å². The van der Waals surface area contributed by atoms with Gasteiger partial charge in [0.25, 0.3) is 5.69 Å². The number of nitrogens with zero attached hydrogens (tertiary/aromatic N) is 1. The minimum Gasteiger partial charge on any atom is -0.394 e. The summed E-state index contributed by atoms with van der Waals surface area (Å²) in [6, 6.07) is 5.58. The Labute approximate surface area is 163 Å². The van der Waals surface area contributed by atoms with E-state index >= 15 is 0 Å². The average Bonchev–Trinajstić information content (AvgIpc) is 2.67. The van der Waals surface area contributed by atoms with E-state index in [1.54, 1.807) is 18.2 Å². The van der Waals surface area contributed by atoms with E-state index in [9.17, 15) is 30.5 Å². The molecule has 0 amide bonds. The van der Waals surface area contributed by atoms with Gasteiger partial charge in [-0.2, -0.15) is 0 Å². The van der Waals surface area contributed by atoms with Gasteiger partial charge >= 0.3 is 0 Å². The van der Waals surface area contributed by atoms with Gasteiger partial charge in [0.05, 0.1) is 17.6 Å². The van der Waals surface area contributed by atoms with Crippen molar-refractivity contribution < 1.29 is 30.1 Å². The summed E-state index contributed by atoms with van der Waals surface area (Å²) < 4.78 is 5.48. The first-order chi connectivity index (χ1) is 12.8. The number of nitro benzene ring substituents is 1. The molecule has 1 fully saturated rings. The smallest absolute Gasteiger partial charge is 0.274 e. The van der Waals surface area contributed by atoms with Gasteiger partial charge < -0.3 is 25.2 Å². The molecule has 5 N–H and O–H groups in total. The predicted molar refractivity (Wildman–Crippen MR) is 103 cm³/mol. The SMILES string of the molecule is CCS(=S)CC(N[C@@H]1OC(CO)[C@H](O)[C@H](O)C1O)c1ccccc1[N+](=O)[O-]. The predicted octanol–water partition coefficient (Wildman–Crippen LogP) is -0.874. The molecule has 0 saturated carbocycles. The molecular formula is C16H24N2O7S2. The fraction of sp³-hybridized carbons (Fsp3) is 0.625. The first-order valence-electron chi connectivity index (χ1n) is 8.45. The van der Waals surface area contributed by atoms with Crippen molar-refractivity contribution in [3.63, 3.8) is 0 Å². The first-order valence-corrected chi connectivity index (χ1v) is 10.9. The molecule has 27 heavy (non-hydrogen) atoms. The highest BCUT2D eigenvalue weighted by molar-refractivity contribution is 8.28. The van der Waals surface area contributed by atoms with Crippen molar-refractivity contribution in [2.24, 2.45) is 0 Å². The molecule has 4 unspecified atom stereocenters. The van der Waals surface area contributed by atoms with E-state index in [0.29, 0.717) is 17.1 Å². The summed E-state index contributed by atoms with van der Waals surface area (Å²) in [6.45, 7) is 1.36. The molecule has 2 rings (SSSR count). The largest absolute Gasteiger partial charge is 0.394 e. The number of aliphatic hydroxyl groups is 4. The summed E-state index contributed by atoms with van der Waals surface area (Å²) >= 11 is 5.39. The van der Waals surface area contributed by atoms with E-state index in [4.69, 9.17) is 15.9 Å². The monoisotopic (exact) mass is 420 g/mol. The lowest BCUT2D eigenvalue weighted by Crippen LogP contribution is -2.63. The topological polar surface area (TPSA) is 145 Å². The molecule has 1 aliphatic rings. The number of para-hydroxylation sites is 1. The first kappa shape index (κ1) is 22.2. The zero-order valence-corrected chi connectivity index (χ0v) is 16.3. The van der Waals surface area contributed by atoms with Gasteiger partial charge in [-0.05, 0) is 5.75 Å². The van der Waals surface area contributed by atoms with Crippen LogP contribution in [-0.2, 0) is 25.4 Å². The summed E-state index contributed by atoms with van der Waals surface area (Å²) in [5, 5.41) is 53.8. The highest BCUT2D eigenvalue weighted by Crippen LogP contribution is 2.28. The molecule has 152 valence electrons. The van der Waals surface area contributed by atoms with E-state index in [0.717, 1.165) is 0 Å². The Balaban J connectivity index is 2.32. The number of hydrogen-bond donors (Lipinski definition) is 5. The Bertz CT molecular complexity index is 676. The molecule has 1 heterocycles. The molecule has 1 saturated heterocycles. The lowest BCUT2D eigenvalue weighted by molar-refractivity contribution is -0.385. The number of nitro groups is 1. The van der Waals surface area contributed by atoms with Gasteiger partial charge in [-0.1, -0.05) is 36.3 Å². The number of benzene rings is 1. The van der Waals surface area contributed by atoms with Crippen LogP contribution in [0.1, 0.15) is 18.5 Å².